The van der Waals surface area contributed by atoms with Gasteiger partial charge in [-0.1, -0.05) is 12.1 Å². The molecule has 0 saturated carbocycles. The second kappa shape index (κ2) is 7.50. The lowest BCUT2D eigenvalue weighted by molar-refractivity contribution is -0.117. The number of hydrazine groups is 1. The minimum Gasteiger partial charge on any atom is -0.481 e. The highest BCUT2D eigenvalue weighted by Crippen LogP contribution is 2.30. The van der Waals surface area contributed by atoms with Crippen LogP contribution in [0.1, 0.15) is 17.9 Å². The third-order valence-corrected chi connectivity index (χ3v) is 5.02. The fraction of sp³-hybridized carbons (Fsp3) is 0.368. The van der Waals surface area contributed by atoms with Gasteiger partial charge in [0.1, 0.15) is 17.7 Å². The number of halogens is 1. The van der Waals surface area contributed by atoms with Crippen molar-refractivity contribution in [1.82, 2.24) is 15.8 Å². The third kappa shape index (κ3) is 3.45. The van der Waals surface area contributed by atoms with Crippen LogP contribution >= 0.6 is 0 Å². The highest BCUT2D eigenvalue weighted by Gasteiger charge is 2.34. The van der Waals surface area contributed by atoms with Gasteiger partial charge in [0.25, 0.3) is 5.91 Å². The van der Waals surface area contributed by atoms with Gasteiger partial charge in [-0.3, -0.25) is 20.5 Å². The Balaban J connectivity index is 1.52. The molecule has 3 heterocycles. The normalized spacial score (nSPS) is 20.3. The van der Waals surface area contributed by atoms with Gasteiger partial charge < -0.3 is 10.1 Å². The first-order chi connectivity index (χ1) is 13.2. The molecule has 1 amide bonds. The maximum Gasteiger partial charge on any atom is 0.250 e. The Hall–Kier alpha value is -2.71. The molecule has 0 spiro atoms. The topological polar surface area (TPSA) is 78.5 Å². The highest BCUT2D eigenvalue weighted by molar-refractivity contribution is 6.00. The third-order valence-electron chi connectivity index (χ3n) is 5.02. The van der Waals surface area contributed by atoms with Crippen molar-refractivity contribution < 1.29 is 13.9 Å². The van der Waals surface area contributed by atoms with Gasteiger partial charge in [0.15, 0.2) is 0 Å². The molecule has 2 aliphatic rings. The number of nitrogens with one attached hydrogen (secondary N) is 3. The molecule has 4 rings (SSSR count). The summed E-state index contributed by atoms with van der Waals surface area (Å²) < 4.78 is 19.3. The smallest absolute Gasteiger partial charge is 0.250 e. The number of hydrogen-bond donors (Lipinski definition) is 3. The number of aromatic nitrogens is 1. The monoisotopic (exact) mass is 371 g/mol. The van der Waals surface area contributed by atoms with Crippen LogP contribution in [-0.2, 0) is 4.79 Å². The number of amides is 1. The van der Waals surface area contributed by atoms with Crippen molar-refractivity contribution in [2.24, 2.45) is 0 Å². The van der Waals surface area contributed by atoms with E-state index in [1.54, 1.807) is 30.2 Å². The molecule has 0 radical (unpaired) electrons. The molecule has 8 heteroatoms. The molecule has 1 atom stereocenters. The number of ether oxygens (including phenoxy) is 1. The molecule has 2 saturated heterocycles. The summed E-state index contributed by atoms with van der Waals surface area (Å²) in [4.78, 5) is 19.0. The largest absolute Gasteiger partial charge is 0.481 e. The number of para-hydroxylation sites is 1. The second-order valence-corrected chi connectivity index (χ2v) is 6.68. The Bertz CT molecular complexity index is 841. The fourth-order valence-corrected chi connectivity index (χ4v) is 3.56. The zero-order valence-corrected chi connectivity index (χ0v) is 15.0. The quantitative estimate of drug-likeness (QED) is 0.742. The first kappa shape index (κ1) is 17.7. The van der Waals surface area contributed by atoms with Crippen molar-refractivity contribution in [1.29, 1.82) is 0 Å². The Morgan fingerprint density at radius 2 is 2.00 bits per heavy atom. The molecule has 27 heavy (non-hydrogen) atoms. The van der Waals surface area contributed by atoms with Crippen LogP contribution in [0.25, 0.3) is 0 Å². The standard InChI is InChI=1S/C19H22FN5O2/c1-27-18-13(12-10-21-22-11-12)6-7-17(24-18)25-9-8-16(19(25)26)23-15-5-3-2-4-14(15)20/h2-7,12,16,21-23H,8-11H2,1H3. The fourth-order valence-electron chi connectivity index (χ4n) is 3.56. The van der Waals surface area contributed by atoms with Gasteiger partial charge in [-0.15, -0.1) is 0 Å². The van der Waals surface area contributed by atoms with Gasteiger partial charge in [-0.25, -0.2) is 4.39 Å². The van der Waals surface area contributed by atoms with Crippen LogP contribution in [0.3, 0.4) is 0 Å². The van der Waals surface area contributed by atoms with Crippen LogP contribution in [0.4, 0.5) is 15.9 Å². The van der Waals surface area contributed by atoms with Gasteiger partial charge in [0.05, 0.1) is 12.8 Å². The van der Waals surface area contributed by atoms with Crippen LogP contribution < -0.4 is 25.8 Å². The Kier molecular flexibility index (Phi) is 4.91. The molecule has 7 nitrogen and oxygen atoms in total. The lowest BCUT2D eigenvalue weighted by atomic mass is 10.0. The number of rotatable bonds is 5. The molecule has 0 bridgehead atoms. The SMILES string of the molecule is COc1nc(N2CCC(Nc3ccccc3F)C2=O)ccc1C1CNNC1. The number of carbonyl (C=O) groups excluding carboxylic acids is 1. The van der Waals surface area contributed by atoms with Gasteiger partial charge in [-0.2, -0.15) is 4.98 Å². The molecule has 0 aliphatic carbocycles. The summed E-state index contributed by atoms with van der Waals surface area (Å²) in [5.74, 6) is 0.862. The van der Waals surface area contributed by atoms with E-state index in [0.29, 0.717) is 30.4 Å². The summed E-state index contributed by atoms with van der Waals surface area (Å²) >= 11 is 0. The van der Waals surface area contributed by atoms with Gasteiger partial charge in [-0.05, 0) is 30.7 Å². The van der Waals surface area contributed by atoms with Crippen LogP contribution in [-0.4, -0.2) is 43.7 Å². The van der Waals surface area contributed by atoms with E-state index in [-0.39, 0.29) is 17.6 Å². The molecule has 142 valence electrons. The van der Waals surface area contributed by atoms with Gasteiger partial charge >= 0.3 is 0 Å². The molecule has 1 aromatic heterocycles. The minimum atomic E-state index is -0.474. The van der Waals surface area contributed by atoms with Gasteiger partial charge in [0, 0.05) is 31.1 Å². The zero-order chi connectivity index (χ0) is 18.8. The van der Waals surface area contributed by atoms with E-state index in [1.165, 1.54) is 6.07 Å². The second-order valence-electron chi connectivity index (χ2n) is 6.68. The lowest BCUT2D eigenvalue weighted by Crippen LogP contribution is -2.34. The number of methoxy groups -OCH3 is 1. The van der Waals surface area contributed by atoms with Crippen molar-refractivity contribution in [2.45, 2.75) is 18.4 Å². The Morgan fingerprint density at radius 1 is 1.22 bits per heavy atom. The summed E-state index contributed by atoms with van der Waals surface area (Å²) in [6.45, 7) is 2.12. The number of nitrogens with zero attached hydrogens (tertiary/aromatic N) is 2. The van der Waals surface area contributed by atoms with E-state index >= 15 is 0 Å². The Labute approximate surface area is 156 Å². The number of carbonyl (C=O) groups is 1. The van der Waals surface area contributed by atoms with E-state index in [2.05, 4.69) is 21.2 Å². The van der Waals surface area contributed by atoms with E-state index < -0.39 is 6.04 Å². The van der Waals surface area contributed by atoms with Crippen molar-refractivity contribution in [3.8, 4) is 5.88 Å². The maximum atomic E-state index is 13.9. The van der Waals surface area contributed by atoms with E-state index in [1.807, 2.05) is 12.1 Å². The lowest BCUT2D eigenvalue weighted by Gasteiger charge is -2.19. The van der Waals surface area contributed by atoms with E-state index in [4.69, 9.17) is 4.74 Å². The summed E-state index contributed by atoms with van der Waals surface area (Å²) in [7, 11) is 1.58. The molecule has 1 aromatic carbocycles. The van der Waals surface area contributed by atoms with Crippen LogP contribution in [0.5, 0.6) is 5.88 Å². The average molecular weight is 371 g/mol. The van der Waals surface area contributed by atoms with Crippen molar-refractivity contribution >= 4 is 17.4 Å². The number of hydrogen-bond acceptors (Lipinski definition) is 6. The number of benzene rings is 1. The first-order valence-electron chi connectivity index (χ1n) is 9.00. The van der Waals surface area contributed by atoms with Crippen LogP contribution in [0, 0.1) is 5.82 Å². The maximum absolute atomic E-state index is 13.9. The number of pyridine rings is 1. The molecular weight excluding hydrogens is 349 g/mol. The highest BCUT2D eigenvalue weighted by atomic mass is 19.1. The molecular formula is C19H22FN5O2. The average Bonchev–Trinajstić information content (AvgIpc) is 3.34. The zero-order valence-electron chi connectivity index (χ0n) is 15.0. The minimum absolute atomic E-state index is 0.121. The molecule has 2 aromatic rings. The van der Waals surface area contributed by atoms with Crippen molar-refractivity contribution in [3.05, 3.63) is 47.8 Å². The van der Waals surface area contributed by atoms with Crippen LogP contribution in [0.15, 0.2) is 36.4 Å². The first-order valence-corrected chi connectivity index (χ1v) is 9.00. The van der Waals surface area contributed by atoms with Crippen molar-refractivity contribution in [3.63, 3.8) is 0 Å². The summed E-state index contributed by atoms with van der Waals surface area (Å²) in [6, 6.07) is 9.70. The molecule has 3 N–H and O–H groups in total. The number of anilines is 2. The van der Waals surface area contributed by atoms with E-state index in [9.17, 15) is 9.18 Å². The Morgan fingerprint density at radius 3 is 2.74 bits per heavy atom. The molecule has 2 fully saturated rings. The van der Waals surface area contributed by atoms with Crippen molar-refractivity contribution in [2.75, 3.05) is 37.0 Å². The van der Waals surface area contributed by atoms with Crippen LogP contribution in [0.2, 0.25) is 0 Å². The predicted octanol–water partition coefficient (Wildman–Crippen LogP) is 1.64. The summed E-state index contributed by atoms with van der Waals surface area (Å²) in [5.41, 5.74) is 7.53. The van der Waals surface area contributed by atoms with E-state index in [0.717, 1.165) is 18.7 Å². The predicted molar refractivity (Wildman–Crippen MR) is 100 cm³/mol. The molecule has 1 unspecified atom stereocenters. The summed E-state index contributed by atoms with van der Waals surface area (Å²) in [5, 5.41) is 3.00. The molecule has 2 aliphatic heterocycles. The summed E-state index contributed by atoms with van der Waals surface area (Å²) in [6.07, 6.45) is 0.579. The van der Waals surface area contributed by atoms with Gasteiger partial charge in [0.2, 0.25) is 5.88 Å².